The molecule has 60 valence electrons. The molecule has 1 aromatic rings. The SMILES string of the molecule is C#CC(=O)c1ccc(C)cc1C. The van der Waals surface area contributed by atoms with E-state index in [1.807, 2.05) is 26.0 Å². The third-order valence-corrected chi connectivity index (χ3v) is 1.76. The summed E-state index contributed by atoms with van der Waals surface area (Å²) in [6.07, 6.45) is 5.01. The van der Waals surface area contributed by atoms with Crippen molar-refractivity contribution in [2.24, 2.45) is 0 Å². The Morgan fingerprint density at radius 1 is 1.42 bits per heavy atom. The van der Waals surface area contributed by atoms with Crippen molar-refractivity contribution in [3.8, 4) is 12.3 Å². The number of carbonyl (C=O) groups is 1. The molecule has 0 saturated carbocycles. The van der Waals surface area contributed by atoms with Crippen molar-refractivity contribution >= 4 is 5.78 Å². The average molecular weight is 158 g/mol. The monoisotopic (exact) mass is 158 g/mol. The van der Waals surface area contributed by atoms with Crippen LogP contribution in [0.1, 0.15) is 21.5 Å². The van der Waals surface area contributed by atoms with E-state index in [0.717, 1.165) is 11.1 Å². The topological polar surface area (TPSA) is 17.1 Å². The number of ketones is 1. The summed E-state index contributed by atoms with van der Waals surface area (Å²) in [6.45, 7) is 3.87. The molecule has 0 radical (unpaired) electrons. The van der Waals surface area contributed by atoms with Crippen molar-refractivity contribution in [2.75, 3.05) is 0 Å². The van der Waals surface area contributed by atoms with Crippen LogP contribution in [0.15, 0.2) is 18.2 Å². The zero-order valence-electron chi connectivity index (χ0n) is 7.22. The van der Waals surface area contributed by atoms with Crippen LogP contribution in [0.2, 0.25) is 0 Å². The molecule has 0 aliphatic heterocycles. The molecular weight excluding hydrogens is 148 g/mol. The fourth-order valence-corrected chi connectivity index (χ4v) is 1.15. The molecule has 1 aromatic carbocycles. The van der Waals surface area contributed by atoms with Gasteiger partial charge in [0.15, 0.2) is 0 Å². The fourth-order valence-electron chi connectivity index (χ4n) is 1.15. The Hall–Kier alpha value is -1.55. The zero-order chi connectivity index (χ0) is 9.14. The minimum atomic E-state index is -0.243. The Kier molecular flexibility index (Phi) is 2.30. The van der Waals surface area contributed by atoms with Crippen molar-refractivity contribution in [1.82, 2.24) is 0 Å². The van der Waals surface area contributed by atoms with E-state index in [9.17, 15) is 4.79 Å². The van der Waals surface area contributed by atoms with Crippen LogP contribution in [0.3, 0.4) is 0 Å². The molecule has 12 heavy (non-hydrogen) atoms. The summed E-state index contributed by atoms with van der Waals surface area (Å²) in [7, 11) is 0. The van der Waals surface area contributed by atoms with Gasteiger partial charge in [0.05, 0.1) is 0 Å². The van der Waals surface area contributed by atoms with Gasteiger partial charge in [0.2, 0.25) is 5.78 Å². The van der Waals surface area contributed by atoms with Gasteiger partial charge < -0.3 is 0 Å². The van der Waals surface area contributed by atoms with Gasteiger partial charge in [0, 0.05) is 5.56 Å². The summed E-state index contributed by atoms with van der Waals surface area (Å²) in [5, 5.41) is 0. The van der Waals surface area contributed by atoms with E-state index in [1.54, 1.807) is 6.07 Å². The van der Waals surface area contributed by atoms with Gasteiger partial charge in [-0.15, -0.1) is 6.42 Å². The highest BCUT2D eigenvalue weighted by Gasteiger charge is 2.04. The third kappa shape index (κ3) is 1.54. The van der Waals surface area contributed by atoms with Crippen molar-refractivity contribution in [3.63, 3.8) is 0 Å². The predicted octanol–water partition coefficient (Wildman–Crippen LogP) is 2.12. The first-order valence-corrected chi connectivity index (χ1v) is 3.73. The van der Waals surface area contributed by atoms with Crippen LogP contribution in [0.5, 0.6) is 0 Å². The van der Waals surface area contributed by atoms with Crippen LogP contribution in [0.25, 0.3) is 0 Å². The van der Waals surface area contributed by atoms with Crippen molar-refractivity contribution in [3.05, 3.63) is 34.9 Å². The Balaban J connectivity index is 3.20. The third-order valence-electron chi connectivity index (χ3n) is 1.76. The summed E-state index contributed by atoms with van der Waals surface area (Å²) in [5.74, 6) is 1.86. The Morgan fingerprint density at radius 3 is 2.58 bits per heavy atom. The molecule has 0 saturated heterocycles. The predicted molar refractivity (Wildman–Crippen MR) is 49.1 cm³/mol. The minimum Gasteiger partial charge on any atom is -0.279 e. The maximum atomic E-state index is 11.1. The maximum absolute atomic E-state index is 11.1. The fraction of sp³-hybridized carbons (Fsp3) is 0.182. The van der Waals surface area contributed by atoms with Gasteiger partial charge in [-0.2, -0.15) is 0 Å². The highest BCUT2D eigenvalue weighted by molar-refractivity contribution is 6.09. The van der Waals surface area contributed by atoms with Gasteiger partial charge in [-0.1, -0.05) is 17.7 Å². The largest absolute Gasteiger partial charge is 0.279 e. The smallest absolute Gasteiger partial charge is 0.235 e. The molecule has 1 heteroatoms. The molecule has 0 N–H and O–H groups in total. The molecular formula is C11H10O. The van der Waals surface area contributed by atoms with Crippen molar-refractivity contribution in [2.45, 2.75) is 13.8 Å². The summed E-state index contributed by atoms with van der Waals surface area (Å²) in [6, 6.07) is 5.61. The normalized spacial score (nSPS) is 9.08. The molecule has 0 heterocycles. The summed E-state index contributed by atoms with van der Waals surface area (Å²) in [4.78, 5) is 11.1. The number of rotatable bonds is 1. The molecule has 1 rings (SSSR count). The van der Waals surface area contributed by atoms with E-state index in [4.69, 9.17) is 6.42 Å². The minimum absolute atomic E-state index is 0.243. The highest BCUT2D eigenvalue weighted by atomic mass is 16.1. The van der Waals surface area contributed by atoms with Gasteiger partial charge in [-0.25, -0.2) is 0 Å². The number of Topliss-reactive ketones (excluding diaryl/α,β-unsaturated/α-hetero) is 1. The van der Waals surface area contributed by atoms with E-state index in [0.29, 0.717) is 5.56 Å². The standard InChI is InChI=1S/C11H10O/c1-4-11(12)10-6-5-8(2)7-9(10)3/h1,5-7H,2-3H3. The quantitative estimate of drug-likeness (QED) is 0.347. The lowest BCUT2D eigenvalue weighted by Crippen LogP contribution is -1.97. The second-order valence-corrected chi connectivity index (χ2v) is 2.79. The van der Waals surface area contributed by atoms with Crippen LogP contribution in [-0.4, -0.2) is 5.78 Å². The molecule has 0 aliphatic rings. The maximum Gasteiger partial charge on any atom is 0.235 e. The molecule has 0 bridgehead atoms. The number of terminal acetylenes is 1. The summed E-state index contributed by atoms with van der Waals surface area (Å²) in [5.41, 5.74) is 2.71. The van der Waals surface area contributed by atoms with Crippen molar-refractivity contribution < 1.29 is 4.79 Å². The van der Waals surface area contributed by atoms with Gasteiger partial charge in [-0.05, 0) is 31.4 Å². The Bertz CT molecular complexity index is 356. The first-order valence-electron chi connectivity index (χ1n) is 3.73. The lowest BCUT2D eigenvalue weighted by atomic mass is 10.0. The molecule has 0 aliphatic carbocycles. The number of benzene rings is 1. The summed E-state index contributed by atoms with van der Waals surface area (Å²) < 4.78 is 0. The first-order chi connectivity index (χ1) is 5.65. The van der Waals surface area contributed by atoms with Gasteiger partial charge in [0.25, 0.3) is 0 Å². The molecule has 0 fully saturated rings. The van der Waals surface area contributed by atoms with Crippen LogP contribution >= 0.6 is 0 Å². The van der Waals surface area contributed by atoms with Gasteiger partial charge in [0.1, 0.15) is 0 Å². The van der Waals surface area contributed by atoms with Gasteiger partial charge >= 0.3 is 0 Å². The molecule has 0 spiro atoms. The van der Waals surface area contributed by atoms with Crippen molar-refractivity contribution in [1.29, 1.82) is 0 Å². The molecule has 0 aromatic heterocycles. The Morgan fingerprint density at radius 2 is 2.08 bits per heavy atom. The van der Waals surface area contributed by atoms with Crippen LogP contribution in [-0.2, 0) is 0 Å². The lowest BCUT2D eigenvalue weighted by Gasteiger charge is -2.00. The van der Waals surface area contributed by atoms with E-state index < -0.39 is 0 Å². The number of carbonyl (C=O) groups excluding carboxylic acids is 1. The van der Waals surface area contributed by atoms with E-state index in [-0.39, 0.29) is 5.78 Å². The molecule has 0 unspecified atom stereocenters. The van der Waals surface area contributed by atoms with Gasteiger partial charge in [-0.3, -0.25) is 4.79 Å². The molecule has 0 atom stereocenters. The van der Waals surface area contributed by atoms with E-state index in [1.165, 1.54) is 0 Å². The van der Waals surface area contributed by atoms with Crippen LogP contribution < -0.4 is 0 Å². The number of hydrogen-bond acceptors (Lipinski definition) is 1. The lowest BCUT2D eigenvalue weighted by molar-refractivity contribution is 0.105. The van der Waals surface area contributed by atoms with E-state index in [2.05, 4.69) is 5.92 Å². The molecule has 0 amide bonds. The number of aryl methyl sites for hydroxylation is 2. The second-order valence-electron chi connectivity index (χ2n) is 2.79. The Labute approximate surface area is 72.4 Å². The highest BCUT2D eigenvalue weighted by Crippen LogP contribution is 2.10. The van der Waals surface area contributed by atoms with Crippen LogP contribution in [0.4, 0.5) is 0 Å². The van der Waals surface area contributed by atoms with E-state index >= 15 is 0 Å². The summed E-state index contributed by atoms with van der Waals surface area (Å²) >= 11 is 0. The molecule has 1 nitrogen and oxygen atoms in total. The average Bonchev–Trinajstić information content (AvgIpc) is 2.03. The first kappa shape index (κ1) is 8.55. The second kappa shape index (κ2) is 3.23. The zero-order valence-corrected chi connectivity index (χ0v) is 7.22. The number of hydrogen-bond donors (Lipinski definition) is 0. The van der Waals surface area contributed by atoms with Crippen LogP contribution in [0, 0.1) is 26.2 Å².